The monoisotopic (exact) mass is 573 g/mol. The van der Waals surface area contributed by atoms with E-state index in [-0.39, 0.29) is 42.1 Å². The molecule has 0 saturated heterocycles. The van der Waals surface area contributed by atoms with Gasteiger partial charge in [-0.1, -0.05) is 61.7 Å². The lowest BCUT2D eigenvalue weighted by molar-refractivity contribution is -0.118. The van der Waals surface area contributed by atoms with E-state index in [0.717, 1.165) is 37.7 Å². The van der Waals surface area contributed by atoms with Crippen molar-refractivity contribution in [2.75, 3.05) is 5.32 Å². The Hall–Kier alpha value is -4.31. The summed E-state index contributed by atoms with van der Waals surface area (Å²) in [5, 5.41) is 5.84. The van der Waals surface area contributed by atoms with Gasteiger partial charge in [0, 0.05) is 36.7 Å². The standard InChI is InChI=1S/C32H39N5O5/c1-20(18-27(33)39)37-30(31(40)35-25-12-8-5-9-13-25)29(24-14-16-26(17-15-24)34-22(3)38)36-28(32(37)41)21(2)42-19-23-10-6-4-7-11-23/h4,6-7,10-11,14-17,20-21,25H,5,8-9,12-13,18-19H2,1-3H3,(H2,33,39)(H,34,38)(H,35,40). The van der Waals surface area contributed by atoms with Crippen molar-refractivity contribution < 1.29 is 19.1 Å². The van der Waals surface area contributed by atoms with E-state index in [2.05, 4.69) is 10.6 Å². The van der Waals surface area contributed by atoms with E-state index in [9.17, 15) is 19.2 Å². The van der Waals surface area contributed by atoms with Crippen molar-refractivity contribution in [1.82, 2.24) is 14.9 Å². The molecule has 0 aliphatic heterocycles. The van der Waals surface area contributed by atoms with E-state index >= 15 is 0 Å². The Morgan fingerprint density at radius 3 is 2.31 bits per heavy atom. The van der Waals surface area contributed by atoms with Gasteiger partial charge in [0.15, 0.2) is 0 Å². The normalized spacial score (nSPS) is 15.0. The van der Waals surface area contributed by atoms with E-state index < -0.39 is 29.5 Å². The molecule has 3 aromatic rings. The van der Waals surface area contributed by atoms with Gasteiger partial charge in [-0.15, -0.1) is 0 Å². The third-order valence-electron chi connectivity index (χ3n) is 7.43. The van der Waals surface area contributed by atoms with Crippen LogP contribution in [0, 0.1) is 0 Å². The molecule has 0 spiro atoms. The molecule has 10 nitrogen and oxygen atoms in total. The average molecular weight is 574 g/mol. The number of carbonyl (C=O) groups excluding carboxylic acids is 3. The number of amides is 3. The number of benzene rings is 2. The maximum atomic E-state index is 14.1. The van der Waals surface area contributed by atoms with Crippen molar-refractivity contribution >= 4 is 23.4 Å². The zero-order valence-corrected chi connectivity index (χ0v) is 24.4. The molecule has 2 unspecified atom stereocenters. The van der Waals surface area contributed by atoms with Crippen LogP contribution in [0.15, 0.2) is 59.4 Å². The summed E-state index contributed by atoms with van der Waals surface area (Å²) in [7, 11) is 0. The van der Waals surface area contributed by atoms with Gasteiger partial charge in [0.2, 0.25) is 11.8 Å². The molecular weight excluding hydrogens is 534 g/mol. The zero-order valence-electron chi connectivity index (χ0n) is 24.4. The molecule has 10 heteroatoms. The molecule has 2 atom stereocenters. The quantitative estimate of drug-likeness (QED) is 0.305. The second-order valence-electron chi connectivity index (χ2n) is 10.9. The molecule has 42 heavy (non-hydrogen) atoms. The molecule has 1 saturated carbocycles. The van der Waals surface area contributed by atoms with Gasteiger partial charge in [0.05, 0.1) is 6.61 Å². The fourth-order valence-corrected chi connectivity index (χ4v) is 5.34. The number of carbonyl (C=O) groups is 3. The van der Waals surface area contributed by atoms with Crippen LogP contribution in [0.3, 0.4) is 0 Å². The average Bonchev–Trinajstić information content (AvgIpc) is 2.96. The fourth-order valence-electron chi connectivity index (χ4n) is 5.34. The lowest BCUT2D eigenvalue weighted by Crippen LogP contribution is -2.42. The Balaban J connectivity index is 1.85. The van der Waals surface area contributed by atoms with Gasteiger partial charge in [-0.25, -0.2) is 4.98 Å². The molecule has 1 aliphatic carbocycles. The summed E-state index contributed by atoms with van der Waals surface area (Å²) in [5.41, 5.74) is 7.55. The lowest BCUT2D eigenvalue weighted by Gasteiger charge is -2.27. The Morgan fingerprint density at radius 2 is 1.69 bits per heavy atom. The Morgan fingerprint density at radius 1 is 1.02 bits per heavy atom. The number of primary amides is 1. The van der Waals surface area contributed by atoms with Crippen LogP contribution in [0.4, 0.5) is 5.69 Å². The van der Waals surface area contributed by atoms with Crippen molar-refractivity contribution in [3.05, 3.63) is 81.9 Å². The van der Waals surface area contributed by atoms with E-state index in [1.54, 1.807) is 38.1 Å². The number of rotatable bonds is 11. The first-order valence-electron chi connectivity index (χ1n) is 14.4. The summed E-state index contributed by atoms with van der Waals surface area (Å²) in [6, 6.07) is 15.7. The third kappa shape index (κ3) is 7.70. The second kappa shape index (κ2) is 14.0. The van der Waals surface area contributed by atoms with Crippen LogP contribution in [0.25, 0.3) is 11.3 Å². The van der Waals surface area contributed by atoms with Gasteiger partial charge in [-0.3, -0.25) is 23.7 Å². The molecular formula is C32H39N5O5. The maximum absolute atomic E-state index is 14.1. The van der Waals surface area contributed by atoms with Crippen LogP contribution < -0.4 is 21.9 Å². The zero-order chi connectivity index (χ0) is 30.2. The minimum absolute atomic E-state index is 0.0240. The SMILES string of the molecule is CC(=O)Nc1ccc(-c2nc(C(C)OCc3ccccc3)c(=O)n(C(C)CC(N)=O)c2C(=O)NC2CCCCC2)cc1. The number of hydrogen-bond donors (Lipinski definition) is 3. The highest BCUT2D eigenvalue weighted by Gasteiger charge is 2.30. The molecule has 2 aromatic carbocycles. The highest BCUT2D eigenvalue weighted by Crippen LogP contribution is 2.28. The van der Waals surface area contributed by atoms with Crippen LogP contribution in [0.2, 0.25) is 0 Å². The number of ether oxygens (including phenoxy) is 1. The minimum Gasteiger partial charge on any atom is -0.370 e. The largest absolute Gasteiger partial charge is 0.370 e. The number of nitrogens with zero attached hydrogens (tertiary/aromatic N) is 2. The molecule has 1 aliphatic rings. The van der Waals surface area contributed by atoms with Gasteiger partial charge < -0.3 is 21.1 Å². The molecule has 1 fully saturated rings. The number of anilines is 1. The molecule has 1 aromatic heterocycles. The predicted molar refractivity (Wildman–Crippen MR) is 161 cm³/mol. The van der Waals surface area contributed by atoms with Crippen molar-refractivity contribution in [3.8, 4) is 11.3 Å². The molecule has 0 radical (unpaired) electrons. The van der Waals surface area contributed by atoms with E-state index in [0.29, 0.717) is 11.3 Å². The number of nitrogens with one attached hydrogen (secondary N) is 2. The minimum atomic E-state index is -0.724. The summed E-state index contributed by atoms with van der Waals surface area (Å²) >= 11 is 0. The second-order valence-corrected chi connectivity index (χ2v) is 10.9. The topological polar surface area (TPSA) is 145 Å². The van der Waals surface area contributed by atoms with E-state index in [4.69, 9.17) is 15.5 Å². The van der Waals surface area contributed by atoms with Crippen molar-refractivity contribution in [3.63, 3.8) is 0 Å². The number of aromatic nitrogens is 2. The van der Waals surface area contributed by atoms with Crippen LogP contribution in [0.1, 0.15) is 93.2 Å². The molecule has 222 valence electrons. The maximum Gasteiger partial charge on any atom is 0.275 e. The Kier molecular flexibility index (Phi) is 10.2. The van der Waals surface area contributed by atoms with Crippen LogP contribution >= 0.6 is 0 Å². The Labute approximate surface area is 245 Å². The highest BCUT2D eigenvalue weighted by molar-refractivity contribution is 5.99. The predicted octanol–water partition coefficient (Wildman–Crippen LogP) is 4.65. The van der Waals surface area contributed by atoms with Gasteiger partial charge >= 0.3 is 0 Å². The molecule has 1 heterocycles. The smallest absolute Gasteiger partial charge is 0.275 e. The summed E-state index contributed by atoms with van der Waals surface area (Å²) in [5.74, 6) is -1.25. The molecule has 4 rings (SSSR count). The third-order valence-corrected chi connectivity index (χ3v) is 7.43. The van der Waals surface area contributed by atoms with Gasteiger partial charge in [0.25, 0.3) is 11.5 Å². The number of nitrogens with two attached hydrogens (primary N) is 1. The van der Waals surface area contributed by atoms with E-state index in [1.165, 1.54) is 11.5 Å². The highest BCUT2D eigenvalue weighted by atomic mass is 16.5. The van der Waals surface area contributed by atoms with Crippen LogP contribution in [-0.2, 0) is 20.9 Å². The molecule has 0 bridgehead atoms. The van der Waals surface area contributed by atoms with Crippen LogP contribution in [-0.4, -0.2) is 33.3 Å². The van der Waals surface area contributed by atoms with E-state index in [1.807, 2.05) is 30.3 Å². The first kappa shape index (κ1) is 30.6. The fraction of sp³-hybridized carbons (Fsp3) is 0.406. The molecule has 3 amide bonds. The first-order valence-corrected chi connectivity index (χ1v) is 14.4. The van der Waals surface area contributed by atoms with Crippen molar-refractivity contribution in [1.29, 1.82) is 0 Å². The summed E-state index contributed by atoms with van der Waals surface area (Å²) in [6.07, 6.45) is 3.98. The van der Waals surface area contributed by atoms with Gasteiger partial charge in [-0.05, 0) is 44.4 Å². The summed E-state index contributed by atoms with van der Waals surface area (Å²) in [6.45, 7) is 5.10. The van der Waals surface area contributed by atoms with Gasteiger partial charge in [-0.2, -0.15) is 0 Å². The van der Waals surface area contributed by atoms with Crippen LogP contribution in [0.5, 0.6) is 0 Å². The lowest BCUT2D eigenvalue weighted by atomic mass is 9.95. The molecule has 4 N–H and O–H groups in total. The summed E-state index contributed by atoms with van der Waals surface area (Å²) < 4.78 is 7.41. The Bertz CT molecular complexity index is 1460. The number of hydrogen-bond acceptors (Lipinski definition) is 6. The van der Waals surface area contributed by atoms with Gasteiger partial charge in [0.1, 0.15) is 23.2 Å². The first-order chi connectivity index (χ1) is 20.1. The summed E-state index contributed by atoms with van der Waals surface area (Å²) in [4.78, 5) is 56.3. The van der Waals surface area contributed by atoms with Crippen molar-refractivity contribution in [2.24, 2.45) is 5.73 Å². The van der Waals surface area contributed by atoms with Crippen molar-refractivity contribution in [2.45, 2.75) is 84.1 Å².